The SMILES string of the molecule is Cl.O=C(Nc1ccc(C2CCNC2)cc1)c1ccc(Cl)c(Cl)c1. The standard InChI is InChI=1S/C17H16Cl2N2O.ClH/c18-15-6-3-12(9-16(15)19)17(22)21-14-4-1-11(2-5-14)13-7-8-20-10-13;/h1-6,9,13,20H,7-8,10H2,(H,21,22);1H. The van der Waals surface area contributed by atoms with Crippen LogP contribution in [0.15, 0.2) is 42.5 Å². The Bertz CT molecular complexity index is 683. The van der Waals surface area contributed by atoms with Crippen molar-refractivity contribution in [2.75, 3.05) is 18.4 Å². The van der Waals surface area contributed by atoms with Crippen LogP contribution < -0.4 is 10.6 Å². The van der Waals surface area contributed by atoms with E-state index >= 15 is 0 Å². The summed E-state index contributed by atoms with van der Waals surface area (Å²) in [4.78, 5) is 12.2. The molecule has 23 heavy (non-hydrogen) atoms. The minimum Gasteiger partial charge on any atom is -0.322 e. The second kappa shape index (κ2) is 8.02. The Balaban J connectivity index is 0.00000192. The Kier molecular flexibility index (Phi) is 6.31. The molecule has 0 bridgehead atoms. The smallest absolute Gasteiger partial charge is 0.255 e. The van der Waals surface area contributed by atoms with Crippen molar-refractivity contribution in [3.8, 4) is 0 Å². The Hall–Kier alpha value is -1.26. The summed E-state index contributed by atoms with van der Waals surface area (Å²) in [6.07, 6.45) is 1.16. The van der Waals surface area contributed by atoms with Gasteiger partial charge in [-0.25, -0.2) is 0 Å². The van der Waals surface area contributed by atoms with E-state index in [1.165, 1.54) is 5.56 Å². The predicted molar refractivity (Wildman–Crippen MR) is 98.3 cm³/mol. The van der Waals surface area contributed by atoms with E-state index in [0.29, 0.717) is 21.5 Å². The van der Waals surface area contributed by atoms with Gasteiger partial charge in [0.05, 0.1) is 10.0 Å². The highest BCUT2D eigenvalue weighted by molar-refractivity contribution is 6.42. The molecule has 2 aromatic carbocycles. The van der Waals surface area contributed by atoms with Gasteiger partial charge in [0.2, 0.25) is 0 Å². The minimum atomic E-state index is -0.200. The Morgan fingerprint density at radius 3 is 2.43 bits per heavy atom. The zero-order valence-corrected chi connectivity index (χ0v) is 14.6. The fourth-order valence-corrected chi connectivity index (χ4v) is 2.92. The van der Waals surface area contributed by atoms with Gasteiger partial charge in [-0.15, -0.1) is 12.4 Å². The molecular weight excluding hydrogens is 355 g/mol. The molecule has 1 amide bonds. The van der Waals surface area contributed by atoms with Crippen LogP contribution >= 0.6 is 35.6 Å². The summed E-state index contributed by atoms with van der Waals surface area (Å²) >= 11 is 11.8. The third-order valence-corrected chi connectivity index (χ3v) is 4.62. The van der Waals surface area contributed by atoms with Gasteiger partial charge < -0.3 is 10.6 Å². The maximum atomic E-state index is 12.2. The summed E-state index contributed by atoms with van der Waals surface area (Å²) < 4.78 is 0. The molecule has 3 rings (SSSR count). The van der Waals surface area contributed by atoms with E-state index in [2.05, 4.69) is 22.8 Å². The maximum absolute atomic E-state index is 12.2. The normalized spacial score (nSPS) is 16.7. The van der Waals surface area contributed by atoms with E-state index in [1.807, 2.05) is 12.1 Å². The maximum Gasteiger partial charge on any atom is 0.255 e. The number of amides is 1. The molecule has 0 radical (unpaired) electrons. The molecule has 0 spiro atoms. The fourth-order valence-electron chi connectivity index (χ4n) is 2.62. The Labute approximate surface area is 151 Å². The molecule has 1 heterocycles. The van der Waals surface area contributed by atoms with E-state index in [-0.39, 0.29) is 18.3 Å². The van der Waals surface area contributed by atoms with Gasteiger partial charge in [0, 0.05) is 17.8 Å². The number of benzene rings is 2. The topological polar surface area (TPSA) is 41.1 Å². The molecule has 2 aromatic rings. The van der Waals surface area contributed by atoms with Crippen LogP contribution in [-0.4, -0.2) is 19.0 Å². The van der Waals surface area contributed by atoms with Crippen molar-refractivity contribution in [1.29, 1.82) is 0 Å². The van der Waals surface area contributed by atoms with Crippen molar-refractivity contribution < 1.29 is 4.79 Å². The number of anilines is 1. The molecule has 1 fully saturated rings. The zero-order valence-electron chi connectivity index (χ0n) is 12.3. The highest BCUT2D eigenvalue weighted by Crippen LogP contribution is 2.25. The molecule has 6 heteroatoms. The van der Waals surface area contributed by atoms with Crippen LogP contribution in [0.2, 0.25) is 10.0 Å². The van der Waals surface area contributed by atoms with Crippen molar-refractivity contribution in [1.82, 2.24) is 5.32 Å². The number of rotatable bonds is 3. The van der Waals surface area contributed by atoms with Crippen molar-refractivity contribution in [2.45, 2.75) is 12.3 Å². The van der Waals surface area contributed by atoms with Crippen LogP contribution in [0.25, 0.3) is 0 Å². The average molecular weight is 372 g/mol. The number of nitrogens with one attached hydrogen (secondary N) is 2. The highest BCUT2D eigenvalue weighted by atomic mass is 35.5. The second-order valence-electron chi connectivity index (χ2n) is 5.39. The first kappa shape index (κ1) is 18.1. The molecule has 1 aliphatic heterocycles. The van der Waals surface area contributed by atoms with Crippen molar-refractivity contribution in [3.63, 3.8) is 0 Å². The van der Waals surface area contributed by atoms with Gasteiger partial charge in [0.1, 0.15) is 0 Å². The molecule has 3 nitrogen and oxygen atoms in total. The molecule has 0 aromatic heterocycles. The van der Waals surface area contributed by atoms with Gasteiger partial charge in [0.25, 0.3) is 5.91 Å². The lowest BCUT2D eigenvalue weighted by Gasteiger charge is -2.10. The quantitative estimate of drug-likeness (QED) is 0.818. The number of carbonyl (C=O) groups excluding carboxylic acids is 1. The summed E-state index contributed by atoms with van der Waals surface area (Å²) in [6, 6.07) is 12.9. The van der Waals surface area contributed by atoms with Crippen LogP contribution in [0.4, 0.5) is 5.69 Å². The lowest BCUT2D eigenvalue weighted by molar-refractivity contribution is 0.102. The zero-order chi connectivity index (χ0) is 15.5. The lowest BCUT2D eigenvalue weighted by Crippen LogP contribution is -2.12. The van der Waals surface area contributed by atoms with E-state index in [0.717, 1.165) is 25.2 Å². The van der Waals surface area contributed by atoms with Gasteiger partial charge in [-0.1, -0.05) is 35.3 Å². The van der Waals surface area contributed by atoms with Crippen LogP contribution in [0.3, 0.4) is 0 Å². The third kappa shape index (κ3) is 4.39. The van der Waals surface area contributed by atoms with Gasteiger partial charge in [-0.3, -0.25) is 4.79 Å². The minimum absolute atomic E-state index is 0. The monoisotopic (exact) mass is 370 g/mol. The van der Waals surface area contributed by atoms with E-state index < -0.39 is 0 Å². The number of halogens is 3. The van der Waals surface area contributed by atoms with Crippen LogP contribution in [-0.2, 0) is 0 Å². The molecule has 2 N–H and O–H groups in total. The van der Waals surface area contributed by atoms with Gasteiger partial charge in [-0.05, 0) is 54.8 Å². The fraction of sp³-hybridized carbons (Fsp3) is 0.235. The molecule has 122 valence electrons. The molecule has 1 atom stereocenters. The molecule has 1 aliphatic rings. The van der Waals surface area contributed by atoms with Crippen LogP contribution in [0, 0.1) is 0 Å². The first-order valence-corrected chi connectivity index (χ1v) is 7.96. The highest BCUT2D eigenvalue weighted by Gasteiger charge is 2.16. The Morgan fingerprint density at radius 1 is 1.09 bits per heavy atom. The first-order chi connectivity index (χ1) is 10.6. The molecular formula is C17H17Cl3N2O. The number of hydrogen-bond donors (Lipinski definition) is 2. The number of hydrogen-bond acceptors (Lipinski definition) is 2. The summed E-state index contributed by atoms with van der Waals surface area (Å²) in [5.41, 5.74) is 2.56. The Morgan fingerprint density at radius 2 is 1.83 bits per heavy atom. The predicted octanol–water partition coefficient (Wildman–Crippen LogP) is 4.74. The van der Waals surface area contributed by atoms with Crippen molar-refractivity contribution >= 4 is 47.2 Å². The summed E-state index contributed by atoms with van der Waals surface area (Å²) in [7, 11) is 0. The van der Waals surface area contributed by atoms with E-state index in [1.54, 1.807) is 18.2 Å². The lowest BCUT2D eigenvalue weighted by atomic mass is 9.98. The third-order valence-electron chi connectivity index (χ3n) is 3.88. The molecule has 0 saturated carbocycles. The van der Waals surface area contributed by atoms with Gasteiger partial charge >= 0.3 is 0 Å². The summed E-state index contributed by atoms with van der Waals surface area (Å²) in [5.74, 6) is 0.369. The summed E-state index contributed by atoms with van der Waals surface area (Å²) in [6.45, 7) is 2.09. The molecule has 1 saturated heterocycles. The van der Waals surface area contributed by atoms with Gasteiger partial charge in [0.15, 0.2) is 0 Å². The van der Waals surface area contributed by atoms with Crippen LogP contribution in [0.1, 0.15) is 28.3 Å². The molecule has 1 unspecified atom stereocenters. The first-order valence-electron chi connectivity index (χ1n) is 7.20. The summed E-state index contributed by atoms with van der Waals surface area (Å²) in [5, 5.41) is 7.03. The average Bonchev–Trinajstić information content (AvgIpc) is 3.05. The second-order valence-corrected chi connectivity index (χ2v) is 6.21. The molecule has 0 aliphatic carbocycles. The van der Waals surface area contributed by atoms with Crippen LogP contribution in [0.5, 0.6) is 0 Å². The van der Waals surface area contributed by atoms with E-state index in [9.17, 15) is 4.79 Å². The number of carbonyl (C=O) groups is 1. The largest absolute Gasteiger partial charge is 0.322 e. The van der Waals surface area contributed by atoms with E-state index in [4.69, 9.17) is 23.2 Å². The van der Waals surface area contributed by atoms with Crippen molar-refractivity contribution in [3.05, 3.63) is 63.6 Å². The van der Waals surface area contributed by atoms with Crippen molar-refractivity contribution in [2.24, 2.45) is 0 Å². The van der Waals surface area contributed by atoms with Gasteiger partial charge in [-0.2, -0.15) is 0 Å².